The van der Waals surface area contributed by atoms with Crippen molar-refractivity contribution in [3.8, 4) is 5.75 Å². The Bertz CT molecular complexity index is 1010. The number of carbonyl (C=O) groups is 1. The molecule has 1 aliphatic rings. The average molecular weight is 442 g/mol. The highest BCUT2D eigenvalue weighted by molar-refractivity contribution is 5.89. The third-order valence-electron chi connectivity index (χ3n) is 5.38. The SMILES string of the molecule is C/C=C(\N=C(/CC)N1CC(c2ccccc2)C1)[N+](O)(O)Nc1ccc(C(=O)O)cc1OC. The first-order valence-corrected chi connectivity index (χ1v) is 10.4. The van der Waals surface area contributed by atoms with Gasteiger partial charge in [0.25, 0.3) is 0 Å². The minimum Gasteiger partial charge on any atom is -0.494 e. The second-order valence-electron chi connectivity index (χ2n) is 7.47. The number of hydrogen-bond acceptors (Lipinski definition) is 6. The number of carboxylic acid groups (broad SMARTS) is 1. The van der Waals surface area contributed by atoms with E-state index in [1.807, 2.05) is 25.1 Å². The van der Waals surface area contributed by atoms with Gasteiger partial charge in [-0.15, -0.1) is 10.4 Å². The van der Waals surface area contributed by atoms with Gasteiger partial charge in [0.05, 0.1) is 17.6 Å². The van der Waals surface area contributed by atoms with Crippen LogP contribution >= 0.6 is 0 Å². The molecule has 3 rings (SSSR count). The van der Waals surface area contributed by atoms with E-state index in [2.05, 4.69) is 27.5 Å². The molecule has 1 aliphatic heterocycles. The third-order valence-corrected chi connectivity index (χ3v) is 5.38. The molecule has 9 heteroatoms. The van der Waals surface area contributed by atoms with Gasteiger partial charge in [0.1, 0.15) is 17.3 Å². The van der Waals surface area contributed by atoms with Crippen LogP contribution in [0.25, 0.3) is 0 Å². The Morgan fingerprint density at radius 1 is 1.25 bits per heavy atom. The van der Waals surface area contributed by atoms with Gasteiger partial charge in [0.15, 0.2) is 0 Å². The van der Waals surface area contributed by atoms with Gasteiger partial charge in [-0.25, -0.2) is 4.79 Å². The quantitative estimate of drug-likeness (QED) is 0.211. The smallest absolute Gasteiger partial charge is 0.335 e. The Balaban J connectivity index is 1.76. The summed E-state index contributed by atoms with van der Waals surface area (Å²) in [5.74, 6) is 0.164. The predicted molar refractivity (Wildman–Crippen MR) is 120 cm³/mol. The van der Waals surface area contributed by atoms with Crippen molar-refractivity contribution in [2.24, 2.45) is 4.99 Å². The van der Waals surface area contributed by atoms with Crippen LogP contribution in [-0.2, 0) is 0 Å². The molecule has 9 nitrogen and oxygen atoms in total. The van der Waals surface area contributed by atoms with Crippen LogP contribution in [-0.4, -0.2) is 57.3 Å². The number of nitrogens with zero attached hydrogens (tertiary/aromatic N) is 3. The summed E-state index contributed by atoms with van der Waals surface area (Å²) < 4.78 is 5.19. The Kier molecular flexibility index (Phi) is 7.14. The van der Waals surface area contributed by atoms with Gasteiger partial charge < -0.3 is 14.7 Å². The summed E-state index contributed by atoms with van der Waals surface area (Å²) in [4.78, 5) is 16.1. The monoisotopic (exact) mass is 441 g/mol. The van der Waals surface area contributed by atoms with Crippen LogP contribution in [0.4, 0.5) is 5.69 Å². The topological polar surface area (TPSA) is 115 Å². The third kappa shape index (κ3) is 5.08. The zero-order valence-corrected chi connectivity index (χ0v) is 18.4. The predicted octanol–water partition coefficient (Wildman–Crippen LogP) is 4.08. The van der Waals surface area contributed by atoms with Gasteiger partial charge in [0.2, 0.25) is 0 Å². The van der Waals surface area contributed by atoms with E-state index in [1.165, 1.54) is 36.9 Å². The van der Waals surface area contributed by atoms with Gasteiger partial charge in [-0.1, -0.05) is 37.3 Å². The molecule has 0 atom stereocenters. The maximum absolute atomic E-state index is 11.2. The number of aromatic carboxylic acids is 1. The molecular weight excluding hydrogens is 412 g/mol. The summed E-state index contributed by atoms with van der Waals surface area (Å²) in [7, 11) is 1.37. The molecule has 0 aromatic heterocycles. The van der Waals surface area contributed by atoms with Crippen molar-refractivity contribution in [2.45, 2.75) is 26.2 Å². The van der Waals surface area contributed by atoms with Crippen LogP contribution in [0.5, 0.6) is 5.75 Å². The van der Waals surface area contributed by atoms with Crippen molar-refractivity contribution in [1.29, 1.82) is 0 Å². The lowest BCUT2D eigenvalue weighted by Gasteiger charge is -2.41. The largest absolute Gasteiger partial charge is 0.494 e. The fourth-order valence-electron chi connectivity index (χ4n) is 3.59. The zero-order chi connectivity index (χ0) is 23.3. The van der Waals surface area contributed by atoms with Crippen molar-refractivity contribution < 1.29 is 30.0 Å². The lowest BCUT2D eigenvalue weighted by molar-refractivity contribution is -1.20. The van der Waals surface area contributed by atoms with Crippen molar-refractivity contribution in [3.05, 3.63) is 71.6 Å². The molecule has 1 heterocycles. The van der Waals surface area contributed by atoms with Gasteiger partial charge in [-0.3, -0.25) is 0 Å². The molecule has 1 saturated heterocycles. The number of anilines is 1. The number of methoxy groups -OCH3 is 1. The van der Waals surface area contributed by atoms with Crippen LogP contribution in [0.3, 0.4) is 0 Å². The summed E-state index contributed by atoms with van der Waals surface area (Å²) in [6, 6.07) is 14.3. The van der Waals surface area contributed by atoms with E-state index in [0.717, 1.165) is 18.9 Å². The highest BCUT2D eigenvalue weighted by Crippen LogP contribution is 2.30. The van der Waals surface area contributed by atoms with Gasteiger partial charge in [-0.05, 0) is 30.7 Å². The maximum Gasteiger partial charge on any atom is 0.335 e. The Labute approximate surface area is 187 Å². The molecule has 4 N–H and O–H groups in total. The normalized spacial score (nSPS) is 15.3. The maximum atomic E-state index is 11.2. The van der Waals surface area contributed by atoms with Gasteiger partial charge >= 0.3 is 11.8 Å². The number of rotatable bonds is 8. The second kappa shape index (κ2) is 9.82. The molecule has 2 aromatic rings. The van der Waals surface area contributed by atoms with E-state index in [9.17, 15) is 15.2 Å². The molecule has 0 saturated carbocycles. The summed E-state index contributed by atoms with van der Waals surface area (Å²) in [6.45, 7) is 5.23. The minimum absolute atomic E-state index is 0.0182. The molecule has 0 spiro atoms. The van der Waals surface area contributed by atoms with Crippen molar-refractivity contribution in [1.82, 2.24) is 4.90 Å². The molecule has 2 aromatic carbocycles. The number of aliphatic imine (C=N–C) groups is 1. The number of hydroxylamine groups is 2. The molecule has 0 amide bonds. The van der Waals surface area contributed by atoms with E-state index in [1.54, 1.807) is 6.92 Å². The summed E-state index contributed by atoms with van der Waals surface area (Å²) in [5.41, 5.74) is 4.02. The summed E-state index contributed by atoms with van der Waals surface area (Å²) >= 11 is 0. The zero-order valence-electron chi connectivity index (χ0n) is 18.4. The fourth-order valence-corrected chi connectivity index (χ4v) is 3.59. The van der Waals surface area contributed by atoms with E-state index < -0.39 is 10.9 Å². The molecule has 170 valence electrons. The lowest BCUT2D eigenvalue weighted by Crippen LogP contribution is -2.50. The van der Waals surface area contributed by atoms with E-state index in [4.69, 9.17) is 9.84 Å². The van der Waals surface area contributed by atoms with E-state index in [0.29, 0.717) is 12.3 Å². The van der Waals surface area contributed by atoms with Crippen molar-refractivity contribution in [2.75, 3.05) is 25.6 Å². The average Bonchev–Trinajstić information content (AvgIpc) is 2.75. The number of quaternary nitrogens is 1. The second-order valence-corrected chi connectivity index (χ2v) is 7.47. The fraction of sp³-hybridized carbons (Fsp3) is 0.304. The number of nitrogens with one attached hydrogen (secondary N) is 1. The number of allylic oxidation sites excluding steroid dienone is 1. The molecule has 0 aliphatic carbocycles. The van der Waals surface area contributed by atoms with Gasteiger partial charge in [-0.2, -0.15) is 10.4 Å². The molecule has 0 radical (unpaired) electrons. The highest BCUT2D eigenvalue weighted by atomic mass is 16.9. The number of carboxylic acids is 1. The van der Waals surface area contributed by atoms with Gasteiger partial charge in [0, 0.05) is 31.5 Å². The van der Waals surface area contributed by atoms with Crippen molar-refractivity contribution in [3.63, 3.8) is 0 Å². The Morgan fingerprint density at radius 2 is 1.94 bits per heavy atom. The first-order chi connectivity index (χ1) is 15.3. The Hall–Kier alpha value is -3.40. The first-order valence-electron chi connectivity index (χ1n) is 10.4. The molecule has 0 bridgehead atoms. The number of likely N-dealkylation sites (tertiary alicyclic amines) is 1. The lowest BCUT2D eigenvalue weighted by atomic mass is 9.91. The molecule has 32 heavy (non-hydrogen) atoms. The van der Waals surface area contributed by atoms with Crippen LogP contribution in [0.2, 0.25) is 0 Å². The van der Waals surface area contributed by atoms with Crippen molar-refractivity contribution >= 4 is 17.5 Å². The van der Waals surface area contributed by atoms with Crippen LogP contribution in [0.1, 0.15) is 42.1 Å². The molecule has 0 unspecified atom stereocenters. The first kappa shape index (κ1) is 23.3. The number of ether oxygens (including phenoxy) is 1. The number of amidine groups is 1. The standard InChI is InChI=1S/C23H28N4O5/c1-4-21(26-14-18(15-26)16-9-7-6-8-10-16)24-22(5-2)27(30,31)25-19-12-11-17(23(28)29)13-20(19)32-3/h5-13,18,25,30-31H,4,14-15H2,1-3H3/p+1/b22-5+,24-21+. The van der Waals surface area contributed by atoms with E-state index in [-0.39, 0.29) is 22.8 Å². The van der Waals surface area contributed by atoms with Crippen LogP contribution < -0.4 is 10.2 Å². The minimum atomic E-state index is -1.72. The van der Waals surface area contributed by atoms with Crippen LogP contribution in [0, 0.1) is 0 Å². The molecular formula is C23H29N4O5+. The Morgan fingerprint density at radius 3 is 2.50 bits per heavy atom. The van der Waals surface area contributed by atoms with E-state index >= 15 is 0 Å². The number of hydrogen-bond donors (Lipinski definition) is 4. The van der Waals surface area contributed by atoms with Crippen LogP contribution in [0.15, 0.2) is 65.4 Å². The highest BCUT2D eigenvalue weighted by Gasteiger charge is 2.35. The molecule has 1 fully saturated rings. The summed E-state index contributed by atoms with van der Waals surface area (Å²) in [5, 5.41) is 30.5. The summed E-state index contributed by atoms with van der Waals surface area (Å²) in [6.07, 6.45) is 2.12. The number of benzene rings is 2.